The van der Waals surface area contributed by atoms with E-state index in [4.69, 9.17) is 4.74 Å². The van der Waals surface area contributed by atoms with Gasteiger partial charge < -0.3 is 10.1 Å². The van der Waals surface area contributed by atoms with Gasteiger partial charge in [0.2, 0.25) is 5.91 Å². The summed E-state index contributed by atoms with van der Waals surface area (Å²) in [5.41, 5.74) is -0.668. The molecule has 122 valence electrons. The second kappa shape index (κ2) is 7.41. The summed E-state index contributed by atoms with van der Waals surface area (Å²) in [6, 6.07) is 11.7. The van der Waals surface area contributed by atoms with Crippen LogP contribution in [0.2, 0.25) is 0 Å². The number of thioether (sulfide) groups is 1. The molecule has 0 spiro atoms. The molecule has 2 aromatic rings. The maximum absolute atomic E-state index is 12.6. The van der Waals surface area contributed by atoms with Crippen LogP contribution in [0.15, 0.2) is 53.4 Å². The van der Waals surface area contributed by atoms with E-state index in [1.807, 2.05) is 0 Å². The molecule has 2 aromatic carbocycles. The zero-order valence-corrected chi connectivity index (χ0v) is 13.0. The first kappa shape index (κ1) is 17.2. The summed E-state index contributed by atoms with van der Waals surface area (Å²) in [6.07, 6.45) is -4.43. The van der Waals surface area contributed by atoms with Crippen molar-refractivity contribution in [2.45, 2.75) is 11.1 Å². The number of hydrogen-bond donors (Lipinski definition) is 1. The predicted octanol–water partition coefficient (Wildman–Crippen LogP) is 4.44. The van der Waals surface area contributed by atoms with Gasteiger partial charge in [0.25, 0.3) is 0 Å². The number of carbonyl (C=O) groups excluding carboxylic acids is 1. The Kier molecular flexibility index (Phi) is 5.54. The van der Waals surface area contributed by atoms with Crippen LogP contribution in [0.3, 0.4) is 0 Å². The summed E-state index contributed by atoms with van der Waals surface area (Å²) in [5.74, 6) is 0.440. The van der Waals surface area contributed by atoms with Crippen LogP contribution in [-0.4, -0.2) is 18.8 Å². The number of halogens is 3. The van der Waals surface area contributed by atoms with E-state index < -0.39 is 11.7 Å². The smallest absolute Gasteiger partial charge is 0.416 e. The Morgan fingerprint density at radius 1 is 1.17 bits per heavy atom. The van der Waals surface area contributed by atoms with Gasteiger partial charge in [-0.1, -0.05) is 6.07 Å². The van der Waals surface area contributed by atoms with Crippen molar-refractivity contribution in [3.05, 3.63) is 54.1 Å². The van der Waals surface area contributed by atoms with Crippen molar-refractivity contribution in [2.24, 2.45) is 0 Å². The molecule has 0 atom stereocenters. The highest BCUT2D eigenvalue weighted by Gasteiger charge is 2.30. The lowest BCUT2D eigenvalue weighted by Gasteiger charge is -2.10. The van der Waals surface area contributed by atoms with Crippen molar-refractivity contribution in [3.63, 3.8) is 0 Å². The Morgan fingerprint density at radius 2 is 1.87 bits per heavy atom. The standard InChI is InChI=1S/C16H14F3NO2S/c1-22-13-5-7-14(8-6-13)23-10-15(21)20-12-4-2-3-11(9-12)16(17,18)19/h2-9H,10H2,1H3,(H,20,21). The topological polar surface area (TPSA) is 38.3 Å². The van der Waals surface area contributed by atoms with Crippen LogP contribution in [-0.2, 0) is 11.0 Å². The van der Waals surface area contributed by atoms with Crippen molar-refractivity contribution in [3.8, 4) is 5.75 Å². The zero-order valence-electron chi connectivity index (χ0n) is 12.2. The van der Waals surface area contributed by atoms with Gasteiger partial charge in [-0.2, -0.15) is 13.2 Å². The number of hydrogen-bond acceptors (Lipinski definition) is 3. The van der Waals surface area contributed by atoms with Crippen molar-refractivity contribution in [1.29, 1.82) is 0 Å². The van der Waals surface area contributed by atoms with Crippen LogP contribution < -0.4 is 10.1 Å². The Morgan fingerprint density at radius 3 is 2.48 bits per heavy atom. The van der Waals surface area contributed by atoms with E-state index in [-0.39, 0.29) is 17.3 Å². The highest BCUT2D eigenvalue weighted by Crippen LogP contribution is 2.30. The van der Waals surface area contributed by atoms with Gasteiger partial charge in [0.05, 0.1) is 18.4 Å². The monoisotopic (exact) mass is 341 g/mol. The van der Waals surface area contributed by atoms with E-state index in [9.17, 15) is 18.0 Å². The molecular formula is C16H14F3NO2S. The fraction of sp³-hybridized carbons (Fsp3) is 0.188. The highest BCUT2D eigenvalue weighted by atomic mass is 32.2. The third-order valence-electron chi connectivity index (χ3n) is 2.90. The Hall–Kier alpha value is -2.15. The van der Waals surface area contributed by atoms with Crippen LogP contribution in [0.4, 0.5) is 18.9 Å². The van der Waals surface area contributed by atoms with Crippen LogP contribution in [0, 0.1) is 0 Å². The molecule has 7 heteroatoms. The third kappa shape index (κ3) is 5.21. The Balaban J connectivity index is 1.91. The van der Waals surface area contributed by atoms with E-state index in [0.717, 1.165) is 17.0 Å². The number of amides is 1. The maximum atomic E-state index is 12.6. The first-order chi connectivity index (χ1) is 10.9. The predicted molar refractivity (Wildman–Crippen MR) is 83.8 cm³/mol. The lowest BCUT2D eigenvalue weighted by Crippen LogP contribution is -2.15. The Bertz CT molecular complexity index is 672. The molecule has 3 nitrogen and oxygen atoms in total. The molecule has 0 saturated carbocycles. The van der Waals surface area contributed by atoms with Crippen LogP contribution in [0.1, 0.15) is 5.56 Å². The molecule has 0 aromatic heterocycles. The highest BCUT2D eigenvalue weighted by molar-refractivity contribution is 8.00. The largest absolute Gasteiger partial charge is 0.497 e. The molecule has 1 N–H and O–H groups in total. The third-order valence-corrected chi connectivity index (χ3v) is 3.92. The van der Waals surface area contributed by atoms with E-state index in [1.54, 1.807) is 31.4 Å². The van der Waals surface area contributed by atoms with Crippen molar-refractivity contribution in [2.75, 3.05) is 18.2 Å². The van der Waals surface area contributed by atoms with Crippen LogP contribution in [0.25, 0.3) is 0 Å². The molecule has 0 saturated heterocycles. The number of carbonyl (C=O) groups is 1. The first-order valence-corrected chi connectivity index (χ1v) is 7.61. The molecule has 0 radical (unpaired) electrons. The van der Waals surface area contributed by atoms with Gasteiger partial charge in [0.15, 0.2) is 0 Å². The Labute approximate surface area is 135 Å². The molecule has 0 heterocycles. The van der Waals surface area contributed by atoms with Gasteiger partial charge in [0.1, 0.15) is 5.75 Å². The lowest BCUT2D eigenvalue weighted by atomic mass is 10.2. The number of alkyl halides is 3. The van der Waals surface area contributed by atoms with Gasteiger partial charge in [-0.3, -0.25) is 4.79 Å². The molecule has 1 amide bonds. The molecular weight excluding hydrogens is 327 g/mol. The minimum atomic E-state index is -4.43. The quantitative estimate of drug-likeness (QED) is 0.817. The van der Waals surface area contributed by atoms with Gasteiger partial charge >= 0.3 is 6.18 Å². The molecule has 0 aliphatic carbocycles. The number of ether oxygens (including phenoxy) is 1. The van der Waals surface area contributed by atoms with Crippen LogP contribution >= 0.6 is 11.8 Å². The van der Waals surface area contributed by atoms with E-state index in [1.165, 1.54) is 23.9 Å². The molecule has 0 aliphatic heterocycles. The summed E-state index contributed by atoms with van der Waals surface area (Å²) in [5, 5.41) is 2.46. The fourth-order valence-electron chi connectivity index (χ4n) is 1.79. The van der Waals surface area contributed by atoms with Gasteiger partial charge in [0, 0.05) is 10.6 Å². The summed E-state index contributed by atoms with van der Waals surface area (Å²) in [7, 11) is 1.56. The molecule has 0 aliphatic rings. The second-order valence-corrected chi connectivity index (χ2v) is 5.64. The lowest BCUT2D eigenvalue weighted by molar-refractivity contribution is -0.137. The normalized spacial score (nSPS) is 11.1. The maximum Gasteiger partial charge on any atom is 0.416 e. The van der Waals surface area contributed by atoms with Gasteiger partial charge in [-0.25, -0.2) is 0 Å². The number of benzene rings is 2. The number of methoxy groups -OCH3 is 1. The van der Waals surface area contributed by atoms with Crippen molar-refractivity contribution < 1.29 is 22.7 Å². The summed E-state index contributed by atoms with van der Waals surface area (Å²) in [4.78, 5) is 12.7. The summed E-state index contributed by atoms with van der Waals surface area (Å²) < 4.78 is 42.9. The minimum Gasteiger partial charge on any atom is -0.497 e. The number of rotatable bonds is 5. The molecule has 0 unspecified atom stereocenters. The zero-order chi connectivity index (χ0) is 16.9. The van der Waals surface area contributed by atoms with Gasteiger partial charge in [-0.05, 0) is 42.5 Å². The number of anilines is 1. The number of nitrogens with one attached hydrogen (secondary N) is 1. The average molecular weight is 341 g/mol. The minimum absolute atomic E-state index is 0.0998. The summed E-state index contributed by atoms with van der Waals surface area (Å²) >= 11 is 1.29. The molecule has 2 rings (SSSR count). The van der Waals surface area contributed by atoms with E-state index in [0.29, 0.717) is 5.75 Å². The molecule has 0 bridgehead atoms. The average Bonchev–Trinajstić information content (AvgIpc) is 2.53. The first-order valence-electron chi connectivity index (χ1n) is 6.62. The van der Waals surface area contributed by atoms with Crippen molar-refractivity contribution in [1.82, 2.24) is 0 Å². The van der Waals surface area contributed by atoms with E-state index >= 15 is 0 Å². The van der Waals surface area contributed by atoms with Crippen molar-refractivity contribution >= 4 is 23.4 Å². The van der Waals surface area contributed by atoms with Crippen LogP contribution in [0.5, 0.6) is 5.75 Å². The molecule has 0 fully saturated rings. The second-order valence-electron chi connectivity index (χ2n) is 4.59. The molecule has 23 heavy (non-hydrogen) atoms. The van der Waals surface area contributed by atoms with Gasteiger partial charge in [-0.15, -0.1) is 11.8 Å². The van der Waals surface area contributed by atoms with E-state index in [2.05, 4.69) is 5.32 Å². The fourth-order valence-corrected chi connectivity index (χ4v) is 2.49. The summed E-state index contributed by atoms with van der Waals surface area (Å²) in [6.45, 7) is 0. The SMILES string of the molecule is COc1ccc(SCC(=O)Nc2cccc(C(F)(F)F)c2)cc1.